The topological polar surface area (TPSA) is 270 Å². The van der Waals surface area contributed by atoms with Gasteiger partial charge in [-0.15, -0.1) is 0 Å². The van der Waals surface area contributed by atoms with Gasteiger partial charge in [-0.2, -0.15) is 0 Å². The zero-order valence-corrected chi connectivity index (χ0v) is 14.5. The predicted molar refractivity (Wildman–Crippen MR) is 40.4 cm³/mol. The summed E-state index contributed by atoms with van der Waals surface area (Å²) in [4.78, 5) is 0. The quantitative estimate of drug-likeness (QED) is 0.408. The number of rotatable bonds is 0. The van der Waals surface area contributed by atoms with Crippen LogP contribution in [0.2, 0.25) is 0 Å². The molecule has 0 rings (SSSR count). The molecule has 9 N–H and O–H groups in total. The van der Waals surface area contributed by atoms with Crippen LogP contribution in [0.5, 0.6) is 0 Å². The van der Waals surface area contributed by atoms with E-state index in [2.05, 4.69) is 0 Å². The molecule has 0 saturated heterocycles. The second-order valence-electron chi connectivity index (χ2n) is 0. The fraction of sp³-hybridized carbons (Fsp3) is 0. The van der Waals surface area contributed by atoms with Gasteiger partial charge in [0.2, 0.25) is 0 Å². The second-order valence-corrected chi connectivity index (χ2v) is 0. The van der Waals surface area contributed by atoms with Crippen molar-refractivity contribution < 1.29 is 49.3 Å². The Kier molecular flexibility index (Phi) is 4850. The van der Waals surface area contributed by atoms with Crippen LogP contribution in [0.1, 0.15) is 0 Å². The third-order valence-electron chi connectivity index (χ3n) is 0. The van der Waals surface area contributed by atoms with Gasteiger partial charge in [0.1, 0.15) is 0 Å². The number of hydrogen-bond acceptors (Lipinski definition) is 9. The summed E-state index contributed by atoms with van der Waals surface area (Å²) in [5.41, 5.74) is 0. The maximum Gasteiger partial charge on any atom is 3.00 e. The molecule has 13 heavy (non-hydrogen) atoms. The van der Waals surface area contributed by atoms with Crippen LogP contribution in [0.3, 0.4) is 0 Å². The van der Waals surface area contributed by atoms with Gasteiger partial charge in [-0.25, -0.2) is 0 Å². The Morgan fingerprint density at radius 3 is 0.231 bits per heavy atom. The average Bonchev–Trinajstić information content (AvgIpc) is 0. The monoisotopic (exact) mass is 300 g/mol. The van der Waals surface area contributed by atoms with E-state index in [0.717, 1.165) is 0 Å². The van der Waals surface area contributed by atoms with E-state index in [1.54, 1.807) is 0 Å². The average molecular weight is 300 g/mol. The Hall–Kier alpha value is 3.95. The van der Waals surface area contributed by atoms with Crippen molar-refractivity contribution in [3.05, 3.63) is 0 Å². The van der Waals surface area contributed by atoms with Crippen molar-refractivity contribution in [1.29, 1.82) is 0 Å². The molecule has 0 atom stereocenters. The molecule has 0 aromatic rings. The summed E-state index contributed by atoms with van der Waals surface area (Å²) in [6.45, 7) is 0. The molecule has 0 aliphatic rings. The van der Waals surface area contributed by atoms with Crippen LogP contribution >= 0.6 is 0 Å². The predicted octanol–water partition coefficient (Wildman–Crippen LogP) is -3.11. The van der Waals surface area contributed by atoms with Gasteiger partial charge in [0.15, 0.2) is 0 Å². The maximum absolute atomic E-state index is 0. The molecule has 0 fully saturated rings. The molecule has 0 aromatic carbocycles. The Morgan fingerprint density at radius 1 is 0.231 bits per heavy atom. The second kappa shape index (κ2) is 228. The van der Waals surface area contributed by atoms with Crippen LogP contribution in [-0.4, -0.2) is 180 Å². The van der Waals surface area contributed by atoms with Crippen LogP contribution in [-0.2, 0) is 0 Å². The van der Waals surface area contributed by atoms with Gasteiger partial charge in [-0.3, -0.25) is 0 Å². The molecular weight excluding hydrogens is 291 g/mol. The summed E-state index contributed by atoms with van der Waals surface area (Å²) in [6.07, 6.45) is 0. The van der Waals surface area contributed by atoms with Crippen molar-refractivity contribution in [2.75, 3.05) is 0 Å². The Bertz CT molecular complexity index is 14.8. The van der Waals surface area contributed by atoms with Gasteiger partial charge >= 0.3 is 131 Å². The third kappa shape index (κ3) is 199. The van der Waals surface area contributed by atoms with E-state index < -0.39 is 0 Å². The Morgan fingerprint density at radius 2 is 0.231 bits per heavy atom. The van der Waals surface area contributed by atoms with Crippen molar-refractivity contribution in [3.63, 3.8) is 0 Å². The molecule has 0 spiro atoms. The zero-order chi connectivity index (χ0) is 0. The van der Waals surface area contributed by atoms with Crippen LogP contribution in [0, 0.1) is 0 Å². The third-order valence-corrected chi connectivity index (χ3v) is 0. The van der Waals surface area contributed by atoms with E-state index in [1.807, 2.05) is 0 Å². The first-order valence-electron chi connectivity index (χ1n) is 0. The summed E-state index contributed by atoms with van der Waals surface area (Å²) in [5.74, 6) is 0. The molecular formula is H9AlCa3O9. The summed E-state index contributed by atoms with van der Waals surface area (Å²) in [7, 11) is 0. The SMILES string of the molecule is [Al+3].[Ca+2].[Ca+2].[Ca+2].[OH-].[OH-].[OH-].[OH-].[OH-].[OH-].[OH-].[OH-].[OH-]. The first-order valence-corrected chi connectivity index (χ1v) is 0. The summed E-state index contributed by atoms with van der Waals surface area (Å²) >= 11 is 0. The molecule has 0 bridgehead atoms. The standard InChI is InChI=1S/Al.3Ca.9H2O/h;;;;9*1H2/q+3;3*+2;;;;;;;;;/p-9. The van der Waals surface area contributed by atoms with Crippen molar-refractivity contribution in [2.24, 2.45) is 0 Å². The van der Waals surface area contributed by atoms with E-state index in [-0.39, 0.29) is 180 Å². The van der Waals surface area contributed by atoms with E-state index in [1.165, 1.54) is 0 Å². The smallest absolute Gasteiger partial charge is 0.870 e. The largest absolute Gasteiger partial charge is 3.00 e. The van der Waals surface area contributed by atoms with Gasteiger partial charge in [-0.1, -0.05) is 0 Å². The normalized spacial score (nSPS) is 0. The summed E-state index contributed by atoms with van der Waals surface area (Å²) < 4.78 is 0. The van der Waals surface area contributed by atoms with Gasteiger partial charge in [0.05, 0.1) is 0 Å². The molecule has 13 heteroatoms. The minimum atomic E-state index is 0. The molecule has 0 saturated carbocycles. The Balaban J connectivity index is 0. The first kappa shape index (κ1) is 276. The van der Waals surface area contributed by atoms with Gasteiger partial charge in [-0.05, 0) is 0 Å². The minimum absolute atomic E-state index is 0. The summed E-state index contributed by atoms with van der Waals surface area (Å²) in [6, 6.07) is 0. The van der Waals surface area contributed by atoms with Crippen molar-refractivity contribution in [3.8, 4) is 0 Å². The molecule has 72 valence electrons. The minimum Gasteiger partial charge on any atom is -0.870 e. The summed E-state index contributed by atoms with van der Waals surface area (Å²) in [5, 5.41) is 0. The molecule has 0 heterocycles. The molecule has 0 radical (unpaired) electrons. The van der Waals surface area contributed by atoms with Crippen molar-refractivity contribution >= 4 is 131 Å². The van der Waals surface area contributed by atoms with Crippen LogP contribution in [0.4, 0.5) is 0 Å². The molecule has 9 nitrogen and oxygen atoms in total. The Labute approximate surface area is 176 Å². The van der Waals surface area contributed by atoms with E-state index in [4.69, 9.17) is 0 Å². The van der Waals surface area contributed by atoms with Crippen LogP contribution < -0.4 is 0 Å². The molecule has 0 aliphatic carbocycles. The molecule has 0 unspecified atom stereocenters. The van der Waals surface area contributed by atoms with E-state index in [0.29, 0.717) is 0 Å². The zero-order valence-electron chi connectivity index (χ0n) is 6.72. The number of hydrogen-bond donors (Lipinski definition) is 0. The molecule has 0 aromatic heterocycles. The maximum atomic E-state index is 0. The van der Waals surface area contributed by atoms with Crippen molar-refractivity contribution in [1.82, 2.24) is 0 Å². The van der Waals surface area contributed by atoms with Crippen LogP contribution in [0.15, 0.2) is 0 Å². The molecule has 0 amide bonds. The fourth-order valence-electron chi connectivity index (χ4n) is 0. The van der Waals surface area contributed by atoms with Gasteiger partial charge < -0.3 is 49.3 Å². The van der Waals surface area contributed by atoms with E-state index >= 15 is 0 Å². The van der Waals surface area contributed by atoms with Gasteiger partial charge in [0, 0.05) is 0 Å². The molecule has 0 aliphatic heterocycles. The van der Waals surface area contributed by atoms with Crippen LogP contribution in [0.25, 0.3) is 0 Å². The fourth-order valence-corrected chi connectivity index (χ4v) is 0. The first-order chi connectivity index (χ1) is 0. The van der Waals surface area contributed by atoms with E-state index in [9.17, 15) is 0 Å². The van der Waals surface area contributed by atoms with Crippen molar-refractivity contribution in [2.45, 2.75) is 0 Å². The van der Waals surface area contributed by atoms with Gasteiger partial charge in [0.25, 0.3) is 0 Å².